The molecule has 0 saturated carbocycles. The van der Waals surface area contributed by atoms with Gasteiger partial charge < -0.3 is 11.1 Å². The summed E-state index contributed by atoms with van der Waals surface area (Å²) < 4.78 is 0. The first-order valence-electron chi connectivity index (χ1n) is 3.75. The van der Waals surface area contributed by atoms with Gasteiger partial charge >= 0.3 is 6.03 Å². The van der Waals surface area contributed by atoms with Crippen LogP contribution in [0.3, 0.4) is 0 Å². The van der Waals surface area contributed by atoms with Gasteiger partial charge in [0.25, 0.3) is 0 Å². The number of hydrogen-bond acceptors (Lipinski definition) is 2. The van der Waals surface area contributed by atoms with E-state index in [9.17, 15) is 4.79 Å². The van der Waals surface area contributed by atoms with Crippen molar-refractivity contribution in [2.24, 2.45) is 10.7 Å². The van der Waals surface area contributed by atoms with Crippen LogP contribution in [0.4, 0.5) is 4.79 Å². The second-order valence-electron chi connectivity index (χ2n) is 3.01. The van der Waals surface area contributed by atoms with Crippen molar-refractivity contribution in [3.63, 3.8) is 0 Å². The van der Waals surface area contributed by atoms with E-state index in [1.807, 2.05) is 13.8 Å². The maximum atomic E-state index is 10.8. The molecule has 0 radical (unpaired) electrons. The molecule has 0 aromatic heterocycles. The molecule has 3 N–H and O–H groups in total. The van der Waals surface area contributed by atoms with E-state index >= 15 is 0 Å². The summed E-state index contributed by atoms with van der Waals surface area (Å²) in [6, 6.07) is -0.321. The molecule has 1 aliphatic heterocycles. The van der Waals surface area contributed by atoms with Gasteiger partial charge in [-0.1, -0.05) is 13.3 Å². The van der Waals surface area contributed by atoms with Crippen molar-refractivity contribution in [2.45, 2.75) is 32.2 Å². The molecule has 62 valence electrons. The molecule has 1 rings (SSSR count). The summed E-state index contributed by atoms with van der Waals surface area (Å²) >= 11 is 0. The second kappa shape index (κ2) is 2.53. The van der Waals surface area contributed by atoms with Crippen LogP contribution in [0.5, 0.6) is 0 Å². The van der Waals surface area contributed by atoms with Crippen LogP contribution in [0.2, 0.25) is 0 Å². The van der Waals surface area contributed by atoms with Gasteiger partial charge in [-0.3, -0.25) is 0 Å². The van der Waals surface area contributed by atoms with Crippen molar-refractivity contribution in [1.29, 1.82) is 0 Å². The van der Waals surface area contributed by atoms with Gasteiger partial charge in [0.2, 0.25) is 0 Å². The number of nitrogens with one attached hydrogen (secondary N) is 1. The molecule has 2 amide bonds. The van der Waals surface area contributed by atoms with Crippen molar-refractivity contribution >= 4 is 11.9 Å². The van der Waals surface area contributed by atoms with Gasteiger partial charge in [-0.25, -0.2) is 4.79 Å². The van der Waals surface area contributed by atoms with E-state index < -0.39 is 5.54 Å². The lowest BCUT2D eigenvalue weighted by molar-refractivity contribution is 0.246. The highest BCUT2D eigenvalue weighted by Crippen LogP contribution is 2.16. The SMILES string of the molecule is CCCC1(C)NC(=O)N=C1N. The van der Waals surface area contributed by atoms with Crippen LogP contribution in [0.1, 0.15) is 26.7 Å². The zero-order valence-electron chi connectivity index (χ0n) is 6.85. The third-order valence-corrected chi connectivity index (χ3v) is 1.92. The molecule has 0 saturated heterocycles. The maximum Gasteiger partial charge on any atom is 0.343 e. The third-order valence-electron chi connectivity index (χ3n) is 1.92. The number of amidine groups is 1. The van der Waals surface area contributed by atoms with Gasteiger partial charge in [0, 0.05) is 0 Å². The van der Waals surface area contributed by atoms with Crippen LogP contribution in [-0.2, 0) is 0 Å². The summed E-state index contributed by atoms with van der Waals surface area (Å²) in [5.74, 6) is 0.407. The molecule has 0 spiro atoms. The lowest BCUT2D eigenvalue weighted by Crippen LogP contribution is -2.48. The van der Waals surface area contributed by atoms with Crippen LogP contribution >= 0.6 is 0 Å². The fourth-order valence-corrected chi connectivity index (χ4v) is 1.25. The summed E-state index contributed by atoms with van der Waals surface area (Å²) in [6.45, 7) is 3.93. The Labute approximate surface area is 65.9 Å². The van der Waals surface area contributed by atoms with E-state index in [4.69, 9.17) is 5.73 Å². The van der Waals surface area contributed by atoms with Crippen LogP contribution in [0.25, 0.3) is 0 Å². The molecule has 0 fully saturated rings. The summed E-state index contributed by atoms with van der Waals surface area (Å²) in [7, 11) is 0. The quantitative estimate of drug-likeness (QED) is 0.614. The number of carbonyl (C=O) groups excluding carboxylic acids is 1. The number of hydrogen-bond donors (Lipinski definition) is 2. The van der Waals surface area contributed by atoms with E-state index in [2.05, 4.69) is 10.3 Å². The Morgan fingerprint density at radius 2 is 2.36 bits per heavy atom. The summed E-state index contributed by atoms with van der Waals surface area (Å²) in [5.41, 5.74) is 5.16. The van der Waals surface area contributed by atoms with Crippen molar-refractivity contribution in [1.82, 2.24) is 5.32 Å². The van der Waals surface area contributed by atoms with Gasteiger partial charge in [-0.2, -0.15) is 4.99 Å². The average molecular weight is 155 g/mol. The molecule has 11 heavy (non-hydrogen) atoms. The van der Waals surface area contributed by atoms with Crippen LogP contribution < -0.4 is 11.1 Å². The number of amides is 2. The maximum absolute atomic E-state index is 10.8. The third kappa shape index (κ3) is 1.34. The molecule has 1 atom stereocenters. The van der Waals surface area contributed by atoms with Gasteiger partial charge in [0.05, 0.1) is 5.54 Å². The van der Waals surface area contributed by atoms with E-state index in [1.54, 1.807) is 0 Å². The first-order valence-corrected chi connectivity index (χ1v) is 3.75. The number of nitrogens with two attached hydrogens (primary N) is 1. The van der Waals surface area contributed by atoms with Gasteiger partial charge in [-0.15, -0.1) is 0 Å². The topological polar surface area (TPSA) is 67.5 Å². The van der Waals surface area contributed by atoms with E-state index in [0.29, 0.717) is 5.84 Å². The van der Waals surface area contributed by atoms with Crippen LogP contribution in [0, 0.1) is 0 Å². The van der Waals surface area contributed by atoms with Crippen molar-refractivity contribution in [3.8, 4) is 0 Å². The molecule has 0 bridgehead atoms. The van der Waals surface area contributed by atoms with Crippen molar-refractivity contribution in [2.75, 3.05) is 0 Å². The lowest BCUT2D eigenvalue weighted by atomic mass is 9.96. The van der Waals surface area contributed by atoms with Crippen molar-refractivity contribution < 1.29 is 4.79 Å². The average Bonchev–Trinajstić information content (AvgIpc) is 2.08. The van der Waals surface area contributed by atoms with Gasteiger partial charge in [0.1, 0.15) is 5.84 Å². The standard InChI is InChI=1S/C7H13N3O/c1-3-4-7(2)5(8)9-6(11)10-7/h3-4H2,1-2H3,(H3,8,9,10,11). The molecule has 1 aliphatic rings. The Bertz CT molecular complexity index is 212. The van der Waals surface area contributed by atoms with E-state index in [1.165, 1.54) is 0 Å². The molecule has 0 aromatic carbocycles. The van der Waals surface area contributed by atoms with Crippen molar-refractivity contribution in [3.05, 3.63) is 0 Å². The van der Waals surface area contributed by atoms with E-state index in [0.717, 1.165) is 12.8 Å². The van der Waals surface area contributed by atoms with Crippen LogP contribution in [-0.4, -0.2) is 17.4 Å². The van der Waals surface area contributed by atoms with Gasteiger partial charge in [0.15, 0.2) is 0 Å². The number of carbonyl (C=O) groups is 1. The predicted octanol–water partition coefficient (Wildman–Crippen LogP) is 0.626. The lowest BCUT2D eigenvalue weighted by Gasteiger charge is -2.22. The Balaban J connectivity index is 2.74. The first kappa shape index (κ1) is 8.04. The largest absolute Gasteiger partial charge is 0.385 e. The molecule has 4 nitrogen and oxygen atoms in total. The summed E-state index contributed by atoms with van der Waals surface area (Å²) in [5, 5.41) is 2.71. The zero-order chi connectivity index (χ0) is 8.48. The molecule has 0 aliphatic carbocycles. The van der Waals surface area contributed by atoms with Crippen LogP contribution in [0.15, 0.2) is 4.99 Å². The number of urea groups is 1. The molecule has 1 heterocycles. The Hall–Kier alpha value is -1.06. The molecule has 4 heteroatoms. The molecular formula is C7H13N3O. The highest BCUT2D eigenvalue weighted by Gasteiger charge is 2.35. The fraction of sp³-hybridized carbons (Fsp3) is 0.714. The predicted molar refractivity (Wildman–Crippen MR) is 43.5 cm³/mol. The summed E-state index contributed by atoms with van der Waals surface area (Å²) in [4.78, 5) is 14.4. The highest BCUT2D eigenvalue weighted by atomic mass is 16.2. The molecule has 1 unspecified atom stereocenters. The van der Waals surface area contributed by atoms with E-state index in [-0.39, 0.29) is 6.03 Å². The minimum absolute atomic E-state index is 0.321. The Morgan fingerprint density at radius 3 is 2.73 bits per heavy atom. The van der Waals surface area contributed by atoms with Gasteiger partial charge in [-0.05, 0) is 13.3 Å². The fourth-order valence-electron chi connectivity index (χ4n) is 1.25. The number of nitrogens with zero attached hydrogens (tertiary/aromatic N) is 1. The minimum atomic E-state index is -0.397. The normalized spacial score (nSPS) is 30.0. The molecule has 0 aromatic rings. The second-order valence-corrected chi connectivity index (χ2v) is 3.01. The minimum Gasteiger partial charge on any atom is -0.385 e. The Morgan fingerprint density at radius 1 is 1.73 bits per heavy atom. The highest BCUT2D eigenvalue weighted by molar-refractivity contribution is 6.05. The molecular weight excluding hydrogens is 142 g/mol. The monoisotopic (exact) mass is 155 g/mol. The smallest absolute Gasteiger partial charge is 0.343 e. The summed E-state index contributed by atoms with van der Waals surface area (Å²) in [6.07, 6.45) is 1.82. The number of aliphatic imine (C=N–C) groups is 1. The number of rotatable bonds is 2. The first-order chi connectivity index (χ1) is 5.08. The zero-order valence-corrected chi connectivity index (χ0v) is 6.85. The Kier molecular flexibility index (Phi) is 1.85.